The Morgan fingerprint density at radius 2 is 2.03 bits per heavy atom. The number of aromatic nitrogens is 1. The molecular weight excluding hydrogens is 477 g/mol. The molecule has 2 aliphatic rings. The molecule has 1 aromatic heterocycles. The number of carbonyl (C=O) groups is 3. The van der Waals surface area contributed by atoms with Gasteiger partial charge in [0, 0.05) is 47.8 Å². The number of rotatable bonds is 6. The zero-order chi connectivity index (χ0) is 24.9. The van der Waals surface area contributed by atoms with Crippen LogP contribution in [0.3, 0.4) is 0 Å². The fraction of sp³-hybridized carbons (Fsp3) is 0.320. The van der Waals surface area contributed by atoms with Crippen LogP contribution in [-0.4, -0.2) is 44.6 Å². The quantitative estimate of drug-likeness (QED) is 0.495. The molecule has 1 aliphatic heterocycles. The zero-order valence-corrected chi connectivity index (χ0v) is 19.6. The van der Waals surface area contributed by atoms with Crippen molar-refractivity contribution in [3.8, 4) is 5.75 Å². The van der Waals surface area contributed by atoms with Crippen molar-refractivity contribution >= 4 is 40.3 Å². The second-order valence-corrected chi connectivity index (χ2v) is 9.36. The molecule has 2 amide bonds. The molecule has 2 heterocycles. The van der Waals surface area contributed by atoms with Crippen molar-refractivity contribution < 1.29 is 28.6 Å². The highest BCUT2D eigenvalue weighted by atomic mass is 35.5. The lowest BCUT2D eigenvalue weighted by Crippen LogP contribution is -2.44. The van der Waals surface area contributed by atoms with E-state index in [4.69, 9.17) is 16.3 Å². The third-order valence-electron chi connectivity index (χ3n) is 6.59. The minimum atomic E-state index is -0.760. The van der Waals surface area contributed by atoms with E-state index in [9.17, 15) is 23.9 Å². The van der Waals surface area contributed by atoms with Gasteiger partial charge in [-0.2, -0.15) is 0 Å². The van der Waals surface area contributed by atoms with E-state index < -0.39 is 18.1 Å². The smallest absolute Gasteiger partial charge is 0.409 e. The lowest BCUT2D eigenvalue weighted by atomic mass is 10.1. The van der Waals surface area contributed by atoms with Gasteiger partial charge >= 0.3 is 6.09 Å². The number of hydrogen-bond acceptors (Lipinski definition) is 5. The summed E-state index contributed by atoms with van der Waals surface area (Å²) in [7, 11) is 0. The molecule has 182 valence electrons. The summed E-state index contributed by atoms with van der Waals surface area (Å²) in [6.07, 6.45) is 1.47. The SMILES string of the molecule is CC(=O)c1cn(CC(=O)N2[C@@H](OC(=O)NCc3cccc(Cl)c3F)C[C@H]3C[C@H]32)c2cc(O)ccc12. The summed E-state index contributed by atoms with van der Waals surface area (Å²) in [6, 6.07) is 9.16. The Hall–Kier alpha value is -3.59. The molecule has 5 rings (SSSR count). The first kappa shape index (κ1) is 23.2. The van der Waals surface area contributed by atoms with Gasteiger partial charge in [0.1, 0.15) is 18.1 Å². The summed E-state index contributed by atoms with van der Waals surface area (Å²) in [5.74, 6) is -0.728. The Labute approximate surface area is 205 Å². The molecule has 2 N–H and O–H groups in total. The van der Waals surface area contributed by atoms with Gasteiger partial charge in [-0.05, 0) is 37.5 Å². The van der Waals surface area contributed by atoms with Gasteiger partial charge in [0.05, 0.1) is 10.5 Å². The van der Waals surface area contributed by atoms with Gasteiger partial charge in [0.25, 0.3) is 0 Å². The summed E-state index contributed by atoms with van der Waals surface area (Å²) in [5, 5.41) is 13.0. The van der Waals surface area contributed by atoms with Gasteiger partial charge in [-0.25, -0.2) is 9.18 Å². The molecule has 2 aromatic carbocycles. The molecule has 35 heavy (non-hydrogen) atoms. The first-order valence-electron chi connectivity index (χ1n) is 11.2. The molecule has 0 radical (unpaired) electrons. The van der Waals surface area contributed by atoms with Crippen LogP contribution in [0.1, 0.15) is 35.7 Å². The van der Waals surface area contributed by atoms with Gasteiger partial charge in [0.15, 0.2) is 12.0 Å². The minimum Gasteiger partial charge on any atom is -0.508 e. The second-order valence-electron chi connectivity index (χ2n) is 8.95. The number of fused-ring (bicyclic) bond motifs is 2. The number of hydrogen-bond donors (Lipinski definition) is 2. The number of amides is 2. The summed E-state index contributed by atoms with van der Waals surface area (Å²) in [4.78, 5) is 39.3. The van der Waals surface area contributed by atoms with E-state index in [2.05, 4.69) is 5.32 Å². The number of phenolic OH excluding ortho intramolecular Hbond substituents is 1. The van der Waals surface area contributed by atoms with Crippen LogP contribution in [0.25, 0.3) is 10.9 Å². The van der Waals surface area contributed by atoms with Crippen LogP contribution in [0.15, 0.2) is 42.6 Å². The molecule has 0 bridgehead atoms. The maximum atomic E-state index is 14.1. The van der Waals surface area contributed by atoms with Crippen LogP contribution < -0.4 is 5.32 Å². The molecule has 0 unspecified atom stereocenters. The highest BCUT2D eigenvalue weighted by Crippen LogP contribution is 2.48. The van der Waals surface area contributed by atoms with Gasteiger partial charge in [-0.1, -0.05) is 23.7 Å². The Kier molecular flexibility index (Phi) is 5.88. The minimum absolute atomic E-state index is 0.00631. The van der Waals surface area contributed by atoms with Crippen LogP contribution in [0.5, 0.6) is 5.75 Å². The number of Topliss-reactive ketones (excluding diaryl/α,β-unsaturated/α-hetero) is 1. The summed E-state index contributed by atoms with van der Waals surface area (Å²) >= 11 is 5.77. The topological polar surface area (TPSA) is 101 Å². The number of ether oxygens (including phenoxy) is 1. The second kappa shape index (κ2) is 8.88. The van der Waals surface area contributed by atoms with Crippen molar-refractivity contribution in [3.05, 3.63) is 64.6 Å². The van der Waals surface area contributed by atoms with E-state index in [-0.39, 0.29) is 53.1 Å². The number of aromatic hydroxyl groups is 1. The summed E-state index contributed by atoms with van der Waals surface area (Å²) in [5.41, 5.74) is 1.24. The van der Waals surface area contributed by atoms with Crippen LogP contribution in [0, 0.1) is 11.7 Å². The maximum absolute atomic E-state index is 14.1. The number of carbonyl (C=O) groups excluding carboxylic acids is 3. The predicted octanol–water partition coefficient (Wildman–Crippen LogP) is 4.22. The lowest BCUT2D eigenvalue weighted by molar-refractivity contribution is -0.140. The number of phenols is 1. The van der Waals surface area contributed by atoms with Crippen LogP contribution in [0.4, 0.5) is 9.18 Å². The summed E-state index contributed by atoms with van der Waals surface area (Å²) < 4.78 is 21.2. The van der Waals surface area contributed by atoms with Crippen molar-refractivity contribution in [1.29, 1.82) is 0 Å². The van der Waals surface area contributed by atoms with Crippen LogP contribution in [0.2, 0.25) is 5.02 Å². The molecular formula is C25H23ClFN3O5. The molecule has 10 heteroatoms. The van der Waals surface area contributed by atoms with Crippen molar-refractivity contribution in [2.45, 2.75) is 45.1 Å². The molecule has 1 saturated heterocycles. The van der Waals surface area contributed by atoms with Gasteiger partial charge in [0.2, 0.25) is 5.91 Å². The highest BCUT2D eigenvalue weighted by Gasteiger charge is 2.55. The standard InChI is InChI=1S/C25H23ClFN3O5/c1-13(31)18-11-29(21-9-16(32)5-6-17(18)21)12-22(33)30-20-7-15(20)8-23(30)35-25(34)28-10-14-3-2-4-19(26)24(14)27/h2-6,9,11,15,20,23,32H,7-8,10,12H2,1H3,(H,28,34)/t15-,20-,23+/m1/s1. The number of piperidine rings is 1. The van der Waals surface area contributed by atoms with Crippen molar-refractivity contribution in [2.24, 2.45) is 5.92 Å². The van der Waals surface area contributed by atoms with E-state index >= 15 is 0 Å². The number of benzene rings is 2. The van der Waals surface area contributed by atoms with Gasteiger partial charge in [-0.15, -0.1) is 0 Å². The van der Waals surface area contributed by atoms with Crippen molar-refractivity contribution in [3.63, 3.8) is 0 Å². The molecule has 2 fully saturated rings. The summed E-state index contributed by atoms with van der Waals surface area (Å²) in [6.45, 7) is 1.26. The Bertz CT molecular complexity index is 1360. The Balaban J connectivity index is 1.28. The highest BCUT2D eigenvalue weighted by molar-refractivity contribution is 6.30. The van der Waals surface area contributed by atoms with E-state index in [0.29, 0.717) is 22.9 Å². The average molecular weight is 500 g/mol. The molecule has 8 nitrogen and oxygen atoms in total. The van der Waals surface area contributed by atoms with Gasteiger partial charge < -0.3 is 24.6 Å². The first-order valence-corrected chi connectivity index (χ1v) is 11.6. The third-order valence-corrected chi connectivity index (χ3v) is 6.89. The molecule has 1 aliphatic carbocycles. The number of halogens is 2. The predicted molar refractivity (Wildman–Crippen MR) is 125 cm³/mol. The molecule has 0 spiro atoms. The average Bonchev–Trinajstić information content (AvgIpc) is 3.32. The van der Waals surface area contributed by atoms with Crippen molar-refractivity contribution in [1.82, 2.24) is 14.8 Å². The molecule has 3 aromatic rings. The molecule has 1 saturated carbocycles. The maximum Gasteiger partial charge on any atom is 0.409 e. The molecule has 3 atom stereocenters. The Morgan fingerprint density at radius 1 is 1.23 bits per heavy atom. The van der Waals surface area contributed by atoms with Crippen molar-refractivity contribution in [2.75, 3.05) is 0 Å². The lowest BCUT2D eigenvalue weighted by Gasteiger charge is -2.27. The van der Waals surface area contributed by atoms with Crippen LogP contribution >= 0.6 is 11.6 Å². The van der Waals surface area contributed by atoms with E-state index in [1.807, 2.05) is 0 Å². The van der Waals surface area contributed by atoms with E-state index in [0.717, 1.165) is 6.42 Å². The number of likely N-dealkylation sites (tertiary alicyclic amines) is 1. The van der Waals surface area contributed by atoms with E-state index in [1.54, 1.807) is 27.8 Å². The number of nitrogens with zero attached hydrogens (tertiary/aromatic N) is 2. The van der Waals surface area contributed by atoms with Gasteiger partial charge in [-0.3, -0.25) is 9.59 Å². The fourth-order valence-corrected chi connectivity index (χ4v) is 4.99. The Morgan fingerprint density at radius 3 is 2.80 bits per heavy atom. The van der Waals surface area contributed by atoms with E-state index in [1.165, 1.54) is 31.2 Å². The third kappa shape index (κ3) is 4.43. The normalized spacial score (nSPS) is 20.5. The fourth-order valence-electron chi connectivity index (χ4n) is 4.80. The first-order chi connectivity index (χ1) is 16.7. The number of alkyl carbamates (subject to hydrolysis) is 1. The largest absolute Gasteiger partial charge is 0.508 e. The monoisotopic (exact) mass is 499 g/mol. The zero-order valence-electron chi connectivity index (χ0n) is 18.8. The van der Waals surface area contributed by atoms with Crippen LogP contribution in [-0.2, 0) is 22.6 Å². The number of ketones is 1. The number of nitrogens with one attached hydrogen (secondary N) is 1.